The van der Waals surface area contributed by atoms with Gasteiger partial charge in [0.2, 0.25) is 0 Å². The van der Waals surface area contributed by atoms with E-state index in [1.807, 2.05) is 0 Å². The Hall–Kier alpha value is -1.20. The molecule has 0 aromatic heterocycles. The van der Waals surface area contributed by atoms with Crippen LogP contribution in [0.25, 0.3) is 0 Å². The van der Waals surface area contributed by atoms with E-state index in [-0.39, 0.29) is 27.7 Å². The van der Waals surface area contributed by atoms with Gasteiger partial charge in [-0.2, -0.15) is 0 Å². The van der Waals surface area contributed by atoms with Crippen LogP contribution in [0.4, 0.5) is 8.78 Å². The van der Waals surface area contributed by atoms with Gasteiger partial charge in [-0.3, -0.25) is 0 Å². The van der Waals surface area contributed by atoms with E-state index in [4.69, 9.17) is 28.9 Å². The molecule has 3 N–H and O–H groups in total. The molecule has 2 aromatic rings. The molecule has 0 saturated carbocycles. The quantitative estimate of drug-likeness (QED) is 0.887. The zero-order valence-electron chi connectivity index (χ0n) is 10.9. The number of hydrogen-bond acceptors (Lipinski definition) is 2. The fourth-order valence-corrected chi connectivity index (χ4v) is 2.68. The van der Waals surface area contributed by atoms with E-state index in [2.05, 4.69) is 0 Å². The van der Waals surface area contributed by atoms with Gasteiger partial charge in [-0.1, -0.05) is 41.4 Å². The monoisotopic (exact) mass is 331 g/mol. The summed E-state index contributed by atoms with van der Waals surface area (Å²) in [7, 11) is 0. The summed E-state index contributed by atoms with van der Waals surface area (Å²) in [6.45, 7) is -0.0942. The minimum Gasteiger partial charge on any atom is -0.388 e. The molecule has 21 heavy (non-hydrogen) atoms. The lowest BCUT2D eigenvalue weighted by Gasteiger charge is -2.24. The molecule has 0 aliphatic heterocycles. The summed E-state index contributed by atoms with van der Waals surface area (Å²) in [5.41, 5.74) is 5.65. The molecule has 112 valence electrons. The SMILES string of the molecule is NCC(c1cccc(Cl)c1F)C(O)c1c(F)cccc1Cl. The van der Waals surface area contributed by atoms with E-state index >= 15 is 0 Å². The van der Waals surface area contributed by atoms with Crippen molar-refractivity contribution in [2.24, 2.45) is 5.73 Å². The van der Waals surface area contributed by atoms with Crippen LogP contribution in [-0.2, 0) is 0 Å². The van der Waals surface area contributed by atoms with Crippen molar-refractivity contribution in [1.82, 2.24) is 0 Å². The second-order valence-corrected chi connectivity index (χ2v) is 5.38. The number of aliphatic hydroxyl groups is 1. The van der Waals surface area contributed by atoms with Crippen LogP contribution in [0.1, 0.15) is 23.1 Å². The first-order chi connectivity index (χ1) is 9.97. The van der Waals surface area contributed by atoms with Gasteiger partial charge in [0.15, 0.2) is 0 Å². The molecule has 0 saturated heterocycles. The Balaban J connectivity index is 2.48. The maximum Gasteiger partial charge on any atom is 0.145 e. The molecule has 2 unspecified atom stereocenters. The average Bonchev–Trinajstić information content (AvgIpc) is 2.44. The van der Waals surface area contributed by atoms with E-state index in [0.29, 0.717) is 0 Å². The van der Waals surface area contributed by atoms with Crippen molar-refractivity contribution in [3.8, 4) is 0 Å². The number of nitrogens with two attached hydrogens (primary N) is 1. The van der Waals surface area contributed by atoms with Gasteiger partial charge in [0, 0.05) is 23.0 Å². The van der Waals surface area contributed by atoms with Crippen LogP contribution in [-0.4, -0.2) is 11.7 Å². The summed E-state index contributed by atoms with van der Waals surface area (Å²) in [5.74, 6) is -2.21. The molecule has 0 bridgehead atoms. The van der Waals surface area contributed by atoms with Gasteiger partial charge in [-0.05, 0) is 23.8 Å². The van der Waals surface area contributed by atoms with E-state index in [0.717, 1.165) is 0 Å². The van der Waals surface area contributed by atoms with Crippen molar-refractivity contribution >= 4 is 23.2 Å². The maximum absolute atomic E-state index is 14.1. The number of hydrogen-bond donors (Lipinski definition) is 2. The third-order valence-corrected chi connectivity index (χ3v) is 3.93. The molecule has 0 aliphatic carbocycles. The molecule has 2 nitrogen and oxygen atoms in total. The molecule has 2 rings (SSSR count). The third-order valence-electron chi connectivity index (χ3n) is 3.31. The molecule has 6 heteroatoms. The predicted octanol–water partition coefficient (Wildman–Crippen LogP) is 4.05. The second kappa shape index (κ2) is 6.71. The molecule has 0 fully saturated rings. The van der Waals surface area contributed by atoms with Crippen molar-refractivity contribution in [1.29, 1.82) is 0 Å². The molecule has 2 aromatic carbocycles. The first-order valence-electron chi connectivity index (χ1n) is 6.23. The fourth-order valence-electron chi connectivity index (χ4n) is 2.23. The summed E-state index contributed by atoms with van der Waals surface area (Å²) in [5, 5.41) is 10.4. The minimum atomic E-state index is -1.38. The smallest absolute Gasteiger partial charge is 0.145 e. The van der Waals surface area contributed by atoms with Crippen LogP contribution in [0.15, 0.2) is 36.4 Å². The zero-order valence-corrected chi connectivity index (χ0v) is 12.4. The summed E-state index contributed by atoms with van der Waals surface area (Å²) in [6.07, 6.45) is -1.38. The maximum atomic E-state index is 14.1. The Kier molecular flexibility index (Phi) is 5.17. The normalized spacial score (nSPS) is 14.0. The molecule has 0 heterocycles. The fraction of sp³-hybridized carbons (Fsp3) is 0.200. The predicted molar refractivity (Wildman–Crippen MR) is 79.6 cm³/mol. The van der Waals surface area contributed by atoms with Gasteiger partial charge >= 0.3 is 0 Å². The van der Waals surface area contributed by atoms with Crippen LogP contribution in [0.5, 0.6) is 0 Å². The van der Waals surface area contributed by atoms with Crippen molar-refractivity contribution in [2.45, 2.75) is 12.0 Å². The summed E-state index contributed by atoms with van der Waals surface area (Å²) < 4.78 is 28.0. The molecule has 2 atom stereocenters. The van der Waals surface area contributed by atoms with E-state index in [9.17, 15) is 13.9 Å². The highest BCUT2D eigenvalue weighted by atomic mass is 35.5. The van der Waals surface area contributed by atoms with Crippen LogP contribution in [0.3, 0.4) is 0 Å². The lowest BCUT2D eigenvalue weighted by Crippen LogP contribution is -2.22. The largest absolute Gasteiger partial charge is 0.388 e. The number of aliphatic hydroxyl groups excluding tert-OH is 1. The highest BCUT2D eigenvalue weighted by molar-refractivity contribution is 6.31. The Labute approximate surface area is 131 Å². The average molecular weight is 332 g/mol. The van der Waals surface area contributed by atoms with Gasteiger partial charge in [-0.15, -0.1) is 0 Å². The van der Waals surface area contributed by atoms with Crippen LogP contribution in [0, 0.1) is 11.6 Å². The molecule has 0 radical (unpaired) electrons. The second-order valence-electron chi connectivity index (χ2n) is 4.57. The van der Waals surface area contributed by atoms with E-state index < -0.39 is 23.7 Å². The van der Waals surface area contributed by atoms with Crippen molar-refractivity contribution in [3.05, 3.63) is 69.2 Å². The lowest BCUT2D eigenvalue weighted by atomic mass is 9.88. The number of benzene rings is 2. The molecule has 0 aliphatic rings. The molecular weight excluding hydrogens is 319 g/mol. The van der Waals surface area contributed by atoms with Gasteiger partial charge in [0.25, 0.3) is 0 Å². The highest BCUT2D eigenvalue weighted by Gasteiger charge is 2.28. The zero-order chi connectivity index (χ0) is 15.6. The van der Waals surface area contributed by atoms with E-state index in [1.165, 1.54) is 30.3 Å². The van der Waals surface area contributed by atoms with Crippen LogP contribution >= 0.6 is 23.2 Å². The Bertz CT molecular complexity index is 631. The Morgan fingerprint density at radius 1 is 1.05 bits per heavy atom. The molecule has 0 spiro atoms. The minimum absolute atomic E-state index is 0.0587. The van der Waals surface area contributed by atoms with Crippen molar-refractivity contribution < 1.29 is 13.9 Å². The lowest BCUT2D eigenvalue weighted by molar-refractivity contribution is 0.141. The summed E-state index contributed by atoms with van der Waals surface area (Å²) >= 11 is 11.7. The Morgan fingerprint density at radius 2 is 1.67 bits per heavy atom. The third kappa shape index (κ3) is 3.19. The standard InChI is InChI=1S/C15H13Cl2F2NO/c16-10-4-2-6-12(18)13(10)15(21)9(7-20)8-3-1-5-11(17)14(8)19/h1-6,9,15,21H,7,20H2. The molecular formula is C15H13Cl2F2NO. The van der Waals surface area contributed by atoms with Crippen LogP contribution < -0.4 is 5.73 Å². The van der Waals surface area contributed by atoms with Gasteiger partial charge in [0.05, 0.1) is 11.1 Å². The Morgan fingerprint density at radius 3 is 2.29 bits per heavy atom. The van der Waals surface area contributed by atoms with Gasteiger partial charge < -0.3 is 10.8 Å². The topological polar surface area (TPSA) is 46.2 Å². The number of rotatable bonds is 4. The van der Waals surface area contributed by atoms with E-state index in [1.54, 1.807) is 6.07 Å². The van der Waals surface area contributed by atoms with Gasteiger partial charge in [-0.25, -0.2) is 8.78 Å². The number of halogens is 4. The first kappa shape index (κ1) is 16.2. The highest BCUT2D eigenvalue weighted by Crippen LogP contribution is 2.37. The van der Waals surface area contributed by atoms with Crippen molar-refractivity contribution in [3.63, 3.8) is 0 Å². The molecule has 0 amide bonds. The summed E-state index contributed by atoms with van der Waals surface area (Å²) in [6, 6.07) is 8.43. The van der Waals surface area contributed by atoms with Crippen molar-refractivity contribution in [2.75, 3.05) is 6.54 Å². The first-order valence-corrected chi connectivity index (χ1v) is 6.99. The van der Waals surface area contributed by atoms with Crippen LogP contribution in [0.2, 0.25) is 10.0 Å². The summed E-state index contributed by atoms with van der Waals surface area (Å²) in [4.78, 5) is 0. The van der Waals surface area contributed by atoms with Gasteiger partial charge in [0.1, 0.15) is 11.6 Å².